The molecule has 0 spiro atoms. The van der Waals surface area contributed by atoms with Crippen LogP contribution in [0.4, 0.5) is 8.78 Å². The number of benzene rings is 2. The zero-order valence-corrected chi connectivity index (χ0v) is 21.4. The van der Waals surface area contributed by atoms with Crippen LogP contribution >= 0.6 is 11.8 Å². The molecule has 0 amide bonds. The molecular weight excluding hydrogens is 454 g/mol. The first kappa shape index (κ1) is 27.2. The molecule has 4 rings (SSSR count). The van der Waals surface area contributed by atoms with Gasteiger partial charge >= 0.3 is 0 Å². The average Bonchev–Trinajstić information content (AvgIpc) is 3.35. The van der Waals surface area contributed by atoms with E-state index in [-0.39, 0.29) is 11.3 Å². The van der Waals surface area contributed by atoms with Crippen LogP contribution in [0.25, 0.3) is 22.0 Å². The Morgan fingerprint density at radius 1 is 0.971 bits per heavy atom. The molecule has 34 heavy (non-hydrogen) atoms. The van der Waals surface area contributed by atoms with E-state index in [1.54, 1.807) is 43.3 Å². The summed E-state index contributed by atoms with van der Waals surface area (Å²) in [4.78, 5) is 15.6. The van der Waals surface area contributed by atoms with E-state index in [2.05, 4.69) is 11.9 Å². The number of ether oxygens (including phenoxy) is 1. The normalized spacial score (nSPS) is 10.2. The van der Waals surface area contributed by atoms with E-state index in [9.17, 15) is 13.6 Å². The topological polar surface area (TPSA) is 47.0 Å². The van der Waals surface area contributed by atoms with E-state index in [4.69, 9.17) is 4.74 Å². The van der Waals surface area contributed by atoms with E-state index in [1.807, 2.05) is 39.8 Å². The molecule has 0 bridgehead atoms. The Morgan fingerprint density at radius 3 is 2.35 bits per heavy atom. The van der Waals surface area contributed by atoms with E-state index in [0.29, 0.717) is 16.7 Å². The molecule has 0 fully saturated rings. The Kier molecular flexibility index (Phi) is 10.4. The van der Waals surface area contributed by atoms with Crippen LogP contribution in [0.1, 0.15) is 40.2 Å². The number of nitrogens with zero attached hydrogens (tertiary/aromatic N) is 1. The molecule has 0 unspecified atom stereocenters. The van der Waals surface area contributed by atoms with Crippen molar-refractivity contribution in [3.63, 3.8) is 0 Å². The standard InChI is InChI=1S/C23H20F2N2O2S.2C2H6/c1-3-30-13-14-4-6-20(29-21-7-5-15(24)11-19(21)25)17(10-14)18-12-27(2)23(28)16-8-9-26-22(16)18;2*1-2/h4-12,26H,3,13H2,1-2H3;2*1-2H3. The molecule has 182 valence electrons. The molecule has 4 aromatic rings. The van der Waals surface area contributed by atoms with Crippen LogP contribution in [0, 0.1) is 11.6 Å². The first-order valence-electron chi connectivity index (χ1n) is 11.5. The summed E-state index contributed by atoms with van der Waals surface area (Å²) in [6.07, 6.45) is 3.45. The van der Waals surface area contributed by atoms with Gasteiger partial charge in [-0.2, -0.15) is 11.8 Å². The van der Waals surface area contributed by atoms with Crippen molar-refractivity contribution in [2.75, 3.05) is 5.75 Å². The van der Waals surface area contributed by atoms with Gasteiger partial charge in [-0.05, 0) is 41.6 Å². The second-order valence-corrected chi connectivity index (χ2v) is 8.14. The number of H-pyrrole nitrogens is 1. The SMILES string of the molecule is CC.CC.CCSCc1ccc(Oc2ccc(F)cc2F)c(-c2cn(C)c(=O)c3cc[nH]c23)c1. The second-order valence-electron chi connectivity index (χ2n) is 6.87. The zero-order valence-electron chi connectivity index (χ0n) is 20.5. The predicted octanol–water partition coefficient (Wildman–Crippen LogP) is 7.91. The molecule has 2 aromatic carbocycles. The van der Waals surface area contributed by atoms with Gasteiger partial charge in [-0.15, -0.1) is 0 Å². The van der Waals surface area contributed by atoms with Gasteiger partial charge in [0.1, 0.15) is 11.6 Å². The van der Waals surface area contributed by atoms with Crippen molar-refractivity contribution in [3.8, 4) is 22.6 Å². The van der Waals surface area contributed by atoms with Gasteiger partial charge in [0, 0.05) is 42.4 Å². The number of thioether (sulfide) groups is 1. The number of aromatic nitrogens is 2. The molecule has 1 N–H and O–H groups in total. The lowest BCUT2D eigenvalue weighted by molar-refractivity contribution is 0.439. The first-order chi connectivity index (χ1) is 16.5. The van der Waals surface area contributed by atoms with Crippen LogP contribution in [0.3, 0.4) is 0 Å². The monoisotopic (exact) mass is 486 g/mol. The van der Waals surface area contributed by atoms with Gasteiger partial charge in [0.05, 0.1) is 10.9 Å². The Balaban J connectivity index is 0.000000970. The molecule has 0 aliphatic heterocycles. The summed E-state index contributed by atoms with van der Waals surface area (Å²) in [7, 11) is 1.69. The van der Waals surface area contributed by atoms with Gasteiger partial charge in [-0.25, -0.2) is 8.78 Å². The lowest BCUT2D eigenvalue weighted by Gasteiger charge is -2.15. The Labute approximate surface area is 204 Å². The summed E-state index contributed by atoms with van der Waals surface area (Å²) in [5.74, 6) is 0.694. The number of hydrogen-bond acceptors (Lipinski definition) is 3. The summed E-state index contributed by atoms with van der Waals surface area (Å²) < 4.78 is 34.9. The summed E-state index contributed by atoms with van der Waals surface area (Å²) in [6.45, 7) is 10.1. The highest BCUT2D eigenvalue weighted by Gasteiger charge is 2.17. The Morgan fingerprint density at radius 2 is 1.68 bits per heavy atom. The molecule has 2 heterocycles. The number of aromatic amines is 1. The van der Waals surface area contributed by atoms with Crippen LogP contribution in [-0.2, 0) is 12.8 Å². The third kappa shape index (κ3) is 6.08. The van der Waals surface area contributed by atoms with Crippen molar-refractivity contribution in [1.82, 2.24) is 9.55 Å². The van der Waals surface area contributed by atoms with Crippen molar-refractivity contribution >= 4 is 22.7 Å². The van der Waals surface area contributed by atoms with Crippen LogP contribution < -0.4 is 10.3 Å². The summed E-state index contributed by atoms with van der Waals surface area (Å²) >= 11 is 1.78. The number of pyridine rings is 1. The molecule has 7 heteroatoms. The first-order valence-corrected chi connectivity index (χ1v) is 12.6. The molecule has 0 aliphatic rings. The lowest BCUT2D eigenvalue weighted by Crippen LogP contribution is -2.16. The third-order valence-electron chi connectivity index (χ3n) is 4.81. The second kappa shape index (κ2) is 13.0. The minimum absolute atomic E-state index is 0.0686. The Hall–Kier alpha value is -3.06. The number of rotatable bonds is 6. The molecular formula is C27H32F2N2O2S. The highest BCUT2D eigenvalue weighted by Crippen LogP contribution is 2.38. The molecule has 0 radical (unpaired) electrons. The Bertz CT molecular complexity index is 1280. The smallest absolute Gasteiger partial charge is 0.259 e. The number of hydrogen-bond donors (Lipinski definition) is 1. The maximum absolute atomic E-state index is 14.2. The van der Waals surface area contributed by atoms with Crippen molar-refractivity contribution in [1.29, 1.82) is 0 Å². The number of fused-ring (bicyclic) bond motifs is 1. The van der Waals surface area contributed by atoms with Gasteiger partial charge in [0.15, 0.2) is 11.6 Å². The predicted molar refractivity (Wildman–Crippen MR) is 140 cm³/mol. The van der Waals surface area contributed by atoms with Gasteiger partial charge in [0.2, 0.25) is 0 Å². The largest absolute Gasteiger partial charge is 0.454 e. The fourth-order valence-electron chi connectivity index (χ4n) is 3.34. The van der Waals surface area contributed by atoms with E-state index in [1.165, 1.54) is 10.6 Å². The summed E-state index contributed by atoms with van der Waals surface area (Å²) in [5.41, 5.74) is 3.13. The minimum atomic E-state index is -0.781. The molecule has 0 aliphatic carbocycles. The van der Waals surface area contributed by atoms with Crippen molar-refractivity contribution in [2.24, 2.45) is 7.05 Å². The van der Waals surface area contributed by atoms with Crippen molar-refractivity contribution in [2.45, 2.75) is 40.4 Å². The molecule has 4 nitrogen and oxygen atoms in total. The number of aryl methyl sites for hydroxylation is 1. The van der Waals surface area contributed by atoms with Crippen LogP contribution in [0.5, 0.6) is 11.5 Å². The zero-order chi connectivity index (χ0) is 25.3. The van der Waals surface area contributed by atoms with Crippen LogP contribution in [-0.4, -0.2) is 15.3 Å². The van der Waals surface area contributed by atoms with E-state index in [0.717, 1.165) is 40.3 Å². The number of nitrogens with one attached hydrogen (secondary N) is 1. The highest BCUT2D eigenvalue weighted by atomic mass is 32.2. The fourth-order valence-corrected chi connectivity index (χ4v) is 3.96. The van der Waals surface area contributed by atoms with Gasteiger partial charge in [0.25, 0.3) is 5.56 Å². The maximum Gasteiger partial charge on any atom is 0.259 e. The van der Waals surface area contributed by atoms with Crippen molar-refractivity contribution < 1.29 is 13.5 Å². The molecule has 0 saturated heterocycles. The fraction of sp³-hybridized carbons (Fsp3) is 0.296. The van der Waals surface area contributed by atoms with Gasteiger partial charge in [-0.3, -0.25) is 4.79 Å². The molecule has 0 saturated carbocycles. The summed E-state index contributed by atoms with van der Waals surface area (Å²) in [6, 6.07) is 10.6. The van der Waals surface area contributed by atoms with Gasteiger partial charge in [-0.1, -0.05) is 40.7 Å². The molecule has 0 atom stereocenters. The summed E-state index contributed by atoms with van der Waals surface area (Å²) in [5, 5.41) is 0.558. The van der Waals surface area contributed by atoms with Crippen LogP contribution in [0.15, 0.2) is 59.7 Å². The third-order valence-corrected chi connectivity index (χ3v) is 5.76. The number of halogens is 2. The van der Waals surface area contributed by atoms with Gasteiger partial charge < -0.3 is 14.3 Å². The minimum Gasteiger partial charge on any atom is -0.454 e. The van der Waals surface area contributed by atoms with Crippen molar-refractivity contribution in [3.05, 3.63) is 82.4 Å². The van der Waals surface area contributed by atoms with Crippen LogP contribution in [0.2, 0.25) is 0 Å². The maximum atomic E-state index is 14.2. The average molecular weight is 487 g/mol. The van der Waals surface area contributed by atoms with E-state index >= 15 is 0 Å². The lowest BCUT2D eigenvalue weighted by atomic mass is 10.0. The highest BCUT2D eigenvalue weighted by molar-refractivity contribution is 7.98. The van der Waals surface area contributed by atoms with E-state index < -0.39 is 11.6 Å². The quantitative estimate of drug-likeness (QED) is 0.301. The molecule has 2 aromatic heterocycles.